The Bertz CT molecular complexity index is 854. The van der Waals surface area contributed by atoms with Crippen molar-refractivity contribution in [3.8, 4) is 0 Å². The summed E-state index contributed by atoms with van der Waals surface area (Å²) in [4.78, 5) is 38.2. The van der Waals surface area contributed by atoms with Gasteiger partial charge in [0.2, 0.25) is 11.8 Å². The van der Waals surface area contributed by atoms with Crippen LogP contribution in [0.3, 0.4) is 0 Å². The van der Waals surface area contributed by atoms with Crippen LogP contribution in [-0.4, -0.2) is 28.8 Å². The summed E-state index contributed by atoms with van der Waals surface area (Å²) in [6, 6.07) is 12.5. The molecule has 2 aromatic rings. The molecule has 26 heavy (non-hydrogen) atoms. The zero-order valence-corrected chi connectivity index (χ0v) is 14.9. The number of amides is 4. The van der Waals surface area contributed by atoms with Crippen LogP contribution in [0.4, 0.5) is 16.2 Å². The number of halogens is 1. The molecule has 4 amide bonds. The van der Waals surface area contributed by atoms with Gasteiger partial charge in [-0.3, -0.25) is 14.5 Å². The first-order valence-electron chi connectivity index (χ1n) is 8.21. The minimum Gasteiger partial charge on any atom is -0.323 e. The van der Waals surface area contributed by atoms with Gasteiger partial charge in [-0.2, -0.15) is 0 Å². The van der Waals surface area contributed by atoms with E-state index in [0.717, 1.165) is 10.5 Å². The molecule has 1 unspecified atom stereocenters. The SMILES string of the molecule is Cc1ccc(NC(=O)C2CCC(=O)N2C(=O)Nc2ccccc2)c(Cl)c1. The molecule has 2 N–H and O–H groups in total. The number of hydrogen-bond donors (Lipinski definition) is 2. The number of likely N-dealkylation sites (tertiary alicyclic amines) is 1. The molecule has 0 aliphatic carbocycles. The van der Waals surface area contributed by atoms with Crippen LogP contribution in [0.2, 0.25) is 5.02 Å². The Labute approximate surface area is 156 Å². The molecule has 1 atom stereocenters. The lowest BCUT2D eigenvalue weighted by Gasteiger charge is -2.23. The van der Waals surface area contributed by atoms with Crippen LogP contribution in [0.1, 0.15) is 18.4 Å². The summed E-state index contributed by atoms with van der Waals surface area (Å²) in [6.45, 7) is 1.89. The Morgan fingerprint density at radius 2 is 1.85 bits per heavy atom. The van der Waals surface area contributed by atoms with Gasteiger partial charge >= 0.3 is 6.03 Å². The van der Waals surface area contributed by atoms with Crippen molar-refractivity contribution in [1.29, 1.82) is 0 Å². The molecule has 134 valence electrons. The van der Waals surface area contributed by atoms with Gasteiger partial charge in [0.15, 0.2) is 0 Å². The van der Waals surface area contributed by atoms with Gasteiger partial charge in [0.25, 0.3) is 0 Å². The van der Waals surface area contributed by atoms with E-state index in [1.807, 2.05) is 19.1 Å². The molecule has 1 aliphatic rings. The van der Waals surface area contributed by atoms with E-state index in [2.05, 4.69) is 10.6 Å². The highest BCUT2D eigenvalue weighted by Gasteiger charge is 2.40. The minimum atomic E-state index is -0.872. The fourth-order valence-corrected chi connectivity index (χ4v) is 3.11. The normalized spacial score (nSPS) is 16.5. The first-order chi connectivity index (χ1) is 12.5. The number of imide groups is 1. The third-order valence-electron chi connectivity index (χ3n) is 4.14. The molecule has 3 rings (SSSR count). The molecule has 6 nitrogen and oxygen atoms in total. The van der Waals surface area contributed by atoms with Crippen molar-refractivity contribution in [2.45, 2.75) is 25.8 Å². The molecule has 1 saturated heterocycles. The maximum Gasteiger partial charge on any atom is 0.329 e. The van der Waals surface area contributed by atoms with Gasteiger partial charge in [-0.1, -0.05) is 35.9 Å². The van der Waals surface area contributed by atoms with Crippen molar-refractivity contribution in [2.24, 2.45) is 0 Å². The lowest BCUT2D eigenvalue weighted by Crippen LogP contribution is -2.47. The number of nitrogens with one attached hydrogen (secondary N) is 2. The van der Waals surface area contributed by atoms with Crippen LogP contribution in [0.25, 0.3) is 0 Å². The van der Waals surface area contributed by atoms with Gasteiger partial charge in [-0.05, 0) is 43.2 Å². The second kappa shape index (κ2) is 7.58. The van der Waals surface area contributed by atoms with Crippen LogP contribution in [0.5, 0.6) is 0 Å². The van der Waals surface area contributed by atoms with Gasteiger partial charge < -0.3 is 10.6 Å². The van der Waals surface area contributed by atoms with Crippen molar-refractivity contribution < 1.29 is 14.4 Å². The molecular formula is C19H18ClN3O3. The van der Waals surface area contributed by atoms with Gasteiger partial charge in [0.05, 0.1) is 10.7 Å². The molecule has 0 bridgehead atoms. The topological polar surface area (TPSA) is 78.5 Å². The summed E-state index contributed by atoms with van der Waals surface area (Å²) >= 11 is 6.14. The van der Waals surface area contributed by atoms with Crippen LogP contribution in [0, 0.1) is 6.92 Å². The Morgan fingerprint density at radius 1 is 1.12 bits per heavy atom. The second-order valence-electron chi connectivity index (χ2n) is 6.09. The highest BCUT2D eigenvalue weighted by molar-refractivity contribution is 6.33. The average Bonchev–Trinajstić information content (AvgIpc) is 3.00. The lowest BCUT2D eigenvalue weighted by atomic mass is 10.2. The van der Waals surface area contributed by atoms with Crippen molar-refractivity contribution in [3.63, 3.8) is 0 Å². The lowest BCUT2D eigenvalue weighted by molar-refractivity contribution is -0.130. The van der Waals surface area contributed by atoms with Crippen molar-refractivity contribution in [1.82, 2.24) is 4.90 Å². The standard InChI is InChI=1S/C19H18ClN3O3/c1-12-7-8-15(14(20)11-12)22-18(25)16-9-10-17(24)23(16)19(26)21-13-5-3-2-4-6-13/h2-8,11,16H,9-10H2,1H3,(H,21,26)(H,22,25). The molecule has 7 heteroatoms. The molecule has 0 aromatic heterocycles. The van der Waals surface area contributed by atoms with Gasteiger partial charge in [-0.15, -0.1) is 0 Å². The van der Waals surface area contributed by atoms with E-state index >= 15 is 0 Å². The number of hydrogen-bond acceptors (Lipinski definition) is 3. The zero-order chi connectivity index (χ0) is 18.7. The van der Waals surface area contributed by atoms with Gasteiger partial charge in [0, 0.05) is 12.1 Å². The van der Waals surface area contributed by atoms with Gasteiger partial charge in [-0.25, -0.2) is 4.79 Å². The smallest absolute Gasteiger partial charge is 0.323 e. The van der Waals surface area contributed by atoms with E-state index in [1.165, 1.54) is 0 Å². The van der Waals surface area contributed by atoms with E-state index < -0.39 is 18.0 Å². The summed E-state index contributed by atoms with van der Waals surface area (Å²) in [5.74, 6) is -0.821. The third kappa shape index (κ3) is 3.86. The maximum atomic E-state index is 12.6. The molecule has 0 spiro atoms. The van der Waals surface area contributed by atoms with Crippen LogP contribution in [-0.2, 0) is 9.59 Å². The zero-order valence-electron chi connectivity index (χ0n) is 14.2. The number of benzene rings is 2. The summed E-state index contributed by atoms with van der Waals surface area (Å²) < 4.78 is 0. The quantitative estimate of drug-likeness (QED) is 0.861. The highest BCUT2D eigenvalue weighted by Crippen LogP contribution is 2.26. The molecule has 2 aromatic carbocycles. The van der Waals surface area contributed by atoms with E-state index in [4.69, 9.17) is 11.6 Å². The minimum absolute atomic E-state index is 0.141. The van der Waals surface area contributed by atoms with E-state index in [-0.39, 0.29) is 18.7 Å². The maximum absolute atomic E-state index is 12.6. The fraction of sp³-hybridized carbons (Fsp3) is 0.211. The Hall–Kier alpha value is -2.86. The Kier molecular flexibility index (Phi) is 5.23. The number of anilines is 2. The first kappa shape index (κ1) is 17.9. The third-order valence-corrected chi connectivity index (χ3v) is 4.45. The van der Waals surface area contributed by atoms with E-state index in [9.17, 15) is 14.4 Å². The van der Waals surface area contributed by atoms with Crippen molar-refractivity contribution in [3.05, 3.63) is 59.1 Å². The van der Waals surface area contributed by atoms with Crippen LogP contribution < -0.4 is 10.6 Å². The van der Waals surface area contributed by atoms with E-state index in [0.29, 0.717) is 16.4 Å². The summed E-state index contributed by atoms with van der Waals surface area (Å²) in [5.41, 5.74) is 1.97. The molecule has 0 saturated carbocycles. The number of carbonyl (C=O) groups excluding carboxylic acids is 3. The summed E-state index contributed by atoms with van der Waals surface area (Å²) in [6.07, 6.45) is 0.415. The molecule has 0 radical (unpaired) electrons. The molecule has 1 fully saturated rings. The Balaban J connectivity index is 1.74. The first-order valence-corrected chi connectivity index (χ1v) is 8.58. The van der Waals surface area contributed by atoms with E-state index in [1.54, 1.807) is 36.4 Å². The monoisotopic (exact) mass is 371 g/mol. The second-order valence-corrected chi connectivity index (χ2v) is 6.49. The fourth-order valence-electron chi connectivity index (χ4n) is 2.83. The molecular weight excluding hydrogens is 354 g/mol. The highest BCUT2D eigenvalue weighted by atomic mass is 35.5. The van der Waals surface area contributed by atoms with Crippen LogP contribution >= 0.6 is 11.6 Å². The number of carbonyl (C=O) groups is 3. The van der Waals surface area contributed by atoms with Crippen molar-refractivity contribution in [2.75, 3.05) is 10.6 Å². The predicted octanol–water partition coefficient (Wildman–Crippen LogP) is 3.81. The van der Waals surface area contributed by atoms with Gasteiger partial charge in [0.1, 0.15) is 6.04 Å². The number of rotatable bonds is 3. The Morgan fingerprint density at radius 3 is 2.54 bits per heavy atom. The molecule has 1 aliphatic heterocycles. The number of aryl methyl sites for hydroxylation is 1. The average molecular weight is 372 g/mol. The summed E-state index contributed by atoms with van der Waals surface area (Å²) in [5, 5.41) is 5.75. The largest absolute Gasteiger partial charge is 0.329 e. The number of urea groups is 1. The van der Waals surface area contributed by atoms with Crippen LogP contribution in [0.15, 0.2) is 48.5 Å². The summed E-state index contributed by atoms with van der Waals surface area (Å²) in [7, 11) is 0. The van der Waals surface area contributed by atoms with Crippen molar-refractivity contribution >= 4 is 40.8 Å². The molecule has 1 heterocycles. The number of para-hydroxylation sites is 1. The predicted molar refractivity (Wildman–Crippen MR) is 100 cm³/mol. The number of nitrogens with zero attached hydrogens (tertiary/aromatic N) is 1.